The molecule has 19 heavy (non-hydrogen) atoms. The van der Waals surface area contributed by atoms with E-state index in [1.807, 2.05) is 16.8 Å². The van der Waals surface area contributed by atoms with Crippen LogP contribution in [0.4, 0.5) is 10.6 Å². The van der Waals surface area contributed by atoms with Crippen LogP contribution in [0.5, 0.6) is 0 Å². The van der Waals surface area contributed by atoms with Crippen molar-refractivity contribution >= 4 is 23.2 Å². The highest BCUT2D eigenvalue weighted by Gasteiger charge is 2.24. The molecular formula is C12H16N4O2S. The smallest absolute Gasteiger partial charge is 0.320 e. The number of anilines is 1. The number of carbonyl (C=O) groups excluding carboxylic acids is 1. The number of thiophene rings is 1. The summed E-state index contributed by atoms with van der Waals surface area (Å²) in [5, 5.41) is 23.2. The first kappa shape index (κ1) is 13.6. The van der Waals surface area contributed by atoms with Crippen molar-refractivity contribution in [3.05, 3.63) is 34.7 Å². The summed E-state index contributed by atoms with van der Waals surface area (Å²) in [6, 6.07) is 3.13. The van der Waals surface area contributed by atoms with E-state index in [1.54, 1.807) is 30.9 Å². The van der Waals surface area contributed by atoms with E-state index in [-0.39, 0.29) is 6.54 Å². The van der Waals surface area contributed by atoms with Crippen LogP contribution in [0.15, 0.2) is 29.1 Å². The van der Waals surface area contributed by atoms with E-state index in [4.69, 9.17) is 0 Å². The molecule has 0 aliphatic carbocycles. The largest absolute Gasteiger partial charge is 0.384 e. The summed E-state index contributed by atoms with van der Waals surface area (Å²) in [6.45, 7) is 1.79. The van der Waals surface area contributed by atoms with Crippen molar-refractivity contribution < 1.29 is 9.90 Å². The summed E-state index contributed by atoms with van der Waals surface area (Å²) in [6.07, 6.45) is 1.73. The van der Waals surface area contributed by atoms with Gasteiger partial charge in [0.1, 0.15) is 5.60 Å². The molecule has 2 amide bonds. The fourth-order valence-corrected chi connectivity index (χ4v) is 2.35. The molecule has 0 saturated heterocycles. The Hall–Kier alpha value is -1.86. The summed E-state index contributed by atoms with van der Waals surface area (Å²) < 4.78 is 1.59. The van der Waals surface area contributed by atoms with Crippen molar-refractivity contribution in [1.29, 1.82) is 0 Å². The Morgan fingerprint density at radius 1 is 1.58 bits per heavy atom. The first-order chi connectivity index (χ1) is 8.97. The predicted octanol–water partition coefficient (Wildman–Crippen LogP) is 1.51. The quantitative estimate of drug-likeness (QED) is 0.794. The first-order valence-corrected chi connectivity index (χ1v) is 6.71. The molecule has 2 rings (SSSR count). The van der Waals surface area contributed by atoms with Crippen LogP contribution < -0.4 is 10.6 Å². The number of rotatable bonds is 4. The highest BCUT2D eigenvalue weighted by atomic mass is 32.1. The lowest BCUT2D eigenvalue weighted by Crippen LogP contribution is -2.40. The lowest BCUT2D eigenvalue weighted by molar-refractivity contribution is 0.0604. The molecule has 0 aliphatic rings. The van der Waals surface area contributed by atoms with E-state index in [1.165, 1.54) is 11.3 Å². The maximum atomic E-state index is 11.7. The summed E-state index contributed by atoms with van der Waals surface area (Å²) in [7, 11) is 1.77. The highest BCUT2D eigenvalue weighted by molar-refractivity contribution is 7.08. The molecule has 2 aromatic rings. The number of nitrogens with one attached hydrogen (secondary N) is 2. The number of carbonyl (C=O) groups is 1. The van der Waals surface area contributed by atoms with Gasteiger partial charge in [0.05, 0.1) is 6.54 Å². The number of aliphatic hydroxyl groups is 1. The predicted molar refractivity (Wildman–Crippen MR) is 74.1 cm³/mol. The number of nitrogens with zero attached hydrogens (tertiary/aromatic N) is 2. The first-order valence-electron chi connectivity index (χ1n) is 5.77. The van der Waals surface area contributed by atoms with Crippen LogP contribution in [-0.4, -0.2) is 27.5 Å². The maximum absolute atomic E-state index is 11.7. The third-order valence-corrected chi connectivity index (χ3v) is 3.37. The normalized spacial score (nSPS) is 13.8. The fraction of sp³-hybridized carbons (Fsp3) is 0.333. The lowest BCUT2D eigenvalue weighted by Gasteiger charge is -2.22. The molecule has 0 aliphatic heterocycles. The van der Waals surface area contributed by atoms with Crippen LogP contribution in [0.25, 0.3) is 0 Å². The monoisotopic (exact) mass is 280 g/mol. The van der Waals surface area contributed by atoms with Gasteiger partial charge in [0.15, 0.2) is 5.82 Å². The average Bonchev–Trinajstić information content (AvgIpc) is 2.98. The lowest BCUT2D eigenvalue weighted by atomic mass is 9.99. The van der Waals surface area contributed by atoms with E-state index in [0.717, 1.165) is 5.56 Å². The number of hydrogen-bond acceptors (Lipinski definition) is 4. The topological polar surface area (TPSA) is 79.2 Å². The van der Waals surface area contributed by atoms with Crippen molar-refractivity contribution in [2.24, 2.45) is 7.05 Å². The Morgan fingerprint density at radius 3 is 2.95 bits per heavy atom. The molecule has 0 fully saturated rings. The summed E-state index contributed by atoms with van der Waals surface area (Å²) >= 11 is 1.51. The number of hydrogen-bond donors (Lipinski definition) is 3. The van der Waals surface area contributed by atoms with Crippen molar-refractivity contribution in [3.63, 3.8) is 0 Å². The van der Waals surface area contributed by atoms with E-state index < -0.39 is 11.6 Å². The summed E-state index contributed by atoms with van der Waals surface area (Å²) in [4.78, 5) is 11.7. The molecule has 6 nitrogen and oxygen atoms in total. The van der Waals surface area contributed by atoms with Crippen LogP contribution in [-0.2, 0) is 12.6 Å². The molecule has 3 N–H and O–H groups in total. The fourth-order valence-electron chi connectivity index (χ4n) is 1.57. The van der Waals surface area contributed by atoms with Gasteiger partial charge in [0, 0.05) is 19.3 Å². The Balaban J connectivity index is 1.87. The number of amides is 2. The Morgan fingerprint density at radius 2 is 2.37 bits per heavy atom. The molecule has 0 bridgehead atoms. The van der Waals surface area contributed by atoms with Crippen molar-refractivity contribution in [1.82, 2.24) is 15.1 Å². The summed E-state index contributed by atoms with van der Waals surface area (Å²) in [5.74, 6) is 0.468. The van der Waals surface area contributed by atoms with E-state index in [9.17, 15) is 9.90 Å². The van der Waals surface area contributed by atoms with Gasteiger partial charge in [-0.1, -0.05) is 0 Å². The Bertz CT molecular complexity index is 548. The van der Waals surface area contributed by atoms with Crippen LogP contribution in [0.1, 0.15) is 12.5 Å². The number of urea groups is 1. The molecule has 2 heterocycles. The molecule has 1 unspecified atom stereocenters. The van der Waals surface area contributed by atoms with Gasteiger partial charge < -0.3 is 10.4 Å². The molecule has 1 atom stereocenters. The van der Waals surface area contributed by atoms with Crippen molar-refractivity contribution in [2.45, 2.75) is 12.5 Å². The van der Waals surface area contributed by atoms with Gasteiger partial charge in [-0.2, -0.15) is 16.4 Å². The van der Waals surface area contributed by atoms with Crippen molar-refractivity contribution in [2.75, 3.05) is 11.9 Å². The van der Waals surface area contributed by atoms with Gasteiger partial charge in [0.2, 0.25) is 0 Å². The van der Waals surface area contributed by atoms with Crippen LogP contribution >= 0.6 is 11.3 Å². The van der Waals surface area contributed by atoms with E-state index in [2.05, 4.69) is 15.7 Å². The molecule has 0 spiro atoms. The molecule has 0 aromatic carbocycles. The van der Waals surface area contributed by atoms with Crippen LogP contribution in [0.3, 0.4) is 0 Å². The number of aryl methyl sites for hydroxylation is 1. The third kappa shape index (κ3) is 3.55. The standard InChI is InChI=1S/C12H16N4O2S/c1-12(18,9-4-6-19-7-9)8-13-11(17)14-10-3-5-16(2)15-10/h3-7,18H,8H2,1-2H3,(H2,13,14,15,17). The van der Waals surface area contributed by atoms with E-state index in [0.29, 0.717) is 5.82 Å². The molecule has 102 valence electrons. The second-order valence-electron chi connectivity index (χ2n) is 4.47. The van der Waals surface area contributed by atoms with Crippen LogP contribution in [0.2, 0.25) is 0 Å². The van der Waals surface area contributed by atoms with Gasteiger partial charge in [-0.15, -0.1) is 0 Å². The zero-order chi connectivity index (χ0) is 13.9. The Labute approximate surface area is 115 Å². The van der Waals surface area contributed by atoms with Gasteiger partial charge in [-0.05, 0) is 29.3 Å². The van der Waals surface area contributed by atoms with Crippen molar-refractivity contribution in [3.8, 4) is 0 Å². The van der Waals surface area contributed by atoms with Crippen LogP contribution in [0, 0.1) is 0 Å². The molecule has 0 saturated carbocycles. The maximum Gasteiger partial charge on any atom is 0.320 e. The minimum Gasteiger partial charge on any atom is -0.384 e. The molecule has 2 aromatic heterocycles. The minimum atomic E-state index is -1.08. The Kier molecular flexibility index (Phi) is 3.87. The summed E-state index contributed by atoms with van der Waals surface area (Å²) in [5.41, 5.74) is -0.294. The zero-order valence-electron chi connectivity index (χ0n) is 10.8. The van der Waals surface area contributed by atoms with Gasteiger partial charge in [-0.25, -0.2) is 4.79 Å². The van der Waals surface area contributed by atoms with Gasteiger partial charge in [-0.3, -0.25) is 10.00 Å². The molecule has 7 heteroatoms. The molecule has 0 radical (unpaired) electrons. The SMILES string of the molecule is Cn1ccc(NC(=O)NCC(C)(O)c2ccsc2)n1. The average molecular weight is 280 g/mol. The third-order valence-electron chi connectivity index (χ3n) is 2.69. The zero-order valence-corrected chi connectivity index (χ0v) is 11.6. The minimum absolute atomic E-state index is 0.127. The highest BCUT2D eigenvalue weighted by Crippen LogP contribution is 2.21. The second kappa shape index (κ2) is 5.41. The van der Waals surface area contributed by atoms with Gasteiger partial charge >= 0.3 is 6.03 Å². The second-order valence-corrected chi connectivity index (χ2v) is 5.25. The number of aromatic nitrogens is 2. The van der Waals surface area contributed by atoms with Gasteiger partial charge in [0.25, 0.3) is 0 Å². The molecular weight excluding hydrogens is 264 g/mol. The van der Waals surface area contributed by atoms with E-state index >= 15 is 0 Å².